The summed E-state index contributed by atoms with van der Waals surface area (Å²) >= 11 is 3.78. The van der Waals surface area contributed by atoms with Crippen molar-refractivity contribution in [2.24, 2.45) is 17.8 Å². The lowest BCUT2D eigenvalue weighted by Gasteiger charge is -2.44. The number of alkyl halides is 4. The van der Waals surface area contributed by atoms with Gasteiger partial charge in [0, 0.05) is 5.56 Å². The second-order valence-corrected chi connectivity index (χ2v) is 9.01. The van der Waals surface area contributed by atoms with E-state index in [4.69, 9.17) is 0 Å². The van der Waals surface area contributed by atoms with Crippen LogP contribution in [0, 0.1) is 17.8 Å². The summed E-state index contributed by atoms with van der Waals surface area (Å²) in [6, 6.07) is 5.48. The SMILES string of the molecule is CCC[C@H]1CC[C@H](C2(c3ccccc3OC(F)(F)C(F)F)C=CC(C(=O)S)C=C2F)CC1. The van der Waals surface area contributed by atoms with Gasteiger partial charge in [0.2, 0.25) is 0 Å². The quantitative estimate of drug-likeness (QED) is 0.244. The van der Waals surface area contributed by atoms with Crippen molar-refractivity contribution in [1.82, 2.24) is 0 Å². The highest BCUT2D eigenvalue weighted by Gasteiger charge is 2.50. The lowest BCUT2D eigenvalue weighted by Crippen LogP contribution is -2.40. The van der Waals surface area contributed by atoms with E-state index in [1.165, 1.54) is 30.4 Å². The van der Waals surface area contributed by atoms with E-state index in [1.807, 2.05) is 0 Å². The number of allylic oxidation sites excluding steroid dienone is 4. The average molecular weight is 475 g/mol. The molecule has 0 heterocycles. The fraction of sp³-hybridized carbons (Fsp3) is 0.542. The maximum Gasteiger partial charge on any atom is 0.461 e. The van der Waals surface area contributed by atoms with Gasteiger partial charge in [-0.1, -0.05) is 63.0 Å². The Morgan fingerprint density at radius 1 is 1.22 bits per heavy atom. The Balaban J connectivity index is 2.07. The first kappa shape index (κ1) is 24.8. The van der Waals surface area contributed by atoms with Gasteiger partial charge < -0.3 is 4.74 Å². The lowest BCUT2D eigenvalue weighted by molar-refractivity contribution is -0.253. The predicted molar refractivity (Wildman–Crippen MR) is 116 cm³/mol. The monoisotopic (exact) mass is 474 g/mol. The van der Waals surface area contributed by atoms with Gasteiger partial charge in [-0.2, -0.15) is 17.6 Å². The minimum absolute atomic E-state index is 0.0503. The predicted octanol–water partition coefficient (Wildman–Crippen LogP) is 7.26. The molecule has 32 heavy (non-hydrogen) atoms. The first-order valence-corrected chi connectivity index (χ1v) is 11.3. The van der Waals surface area contributed by atoms with Crippen LogP contribution < -0.4 is 4.74 Å². The molecule has 3 rings (SSSR count). The third-order valence-electron chi connectivity index (χ3n) is 6.59. The smallest absolute Gasteiger partial charge is 0.428 e. The molecule has 1 saturated carbocycles. The zero-order valence-electron chi connectivity index (χ0n) is 17.7. The van der Waals surface area contributed by atoms with Crippen LogP contribution in [0.25, 0.3) is 0 Å². The van der Waals surface area contributed by atoms with Gasteiger partial charge in [0.1, 0.15) is 11.6 Å². The molecular formula is C24H27F5O2S. The molecule has 2 atom stereocenters. The number of carbonyl (C=O) groups is 1. The Kier molecular flexibility index (Phi) is 7.73. The molecule has 0 spiro atoms. The van der Waals surface area contributed by atoms with Crippen molar-refractivity contribution in [2.45, 2.75) is 63.4 Å². The molecule has 0 aromatic heterocycles. The maximum atomic E-state index is 15.8. The summed E-state index contributed by atoms with van der Waals surface area (Å²) in [7, 11) is 0. The summed E-state index contributed by atoms with van der Waals surface area (Å²) in [6.07, 6.45) is 0.457. The molecular weight excluding hydrogens is 447 g/mol. The van der Waals surface area contributed by atoms with Gasteiger partial charge >= 0.3 is 12.5 Å². The molecule has 0 aliphatic heterocycles. The normalized spacial score (nSPS) is 28.5. The lowest BCUT2D eigenvalue weighted by atomic mass is 9.60. The second kappa shape index (κ2) is 9.98. The number of carbonyl (C=O) groups excluding carboxylic acids is 1. The number of halogens is 5. The average Bonchev–Trinajstić information content (AvgIpc) is 2.75. The maximum absolute atomic E-state index is 15.8. The van der Waals surface area contributed by atoms with E-state index in [9.17, 15) is 22.4 Å². The van der Waals surface area contributed by atoms with E-state index in [0.717, 1.165) is 37.8 Å². The van der Waals surface area contributed by atoms with Gasteiger partial charge in [-0.25, -0.2) is 4.39 Å². The molecule has 176 valence electrons. The summed E-state index contributed by atoms with van der Waals surface area (Å²) < 4.78 is 73.5. The molecule has 1 aromatic carbocycles. The molecule has 1 aromatic rings. The molecule has 2 aliphatic carbocycles. The molecule has 0 amide bonds. The Hall–Kier alpha value is -1.83. The van der Waals surface area contributed by atoms with Crippen LogP contribution in [0.1, 0.15) is 51.0 Å². The van der Waals surface area contributed by atoms with Crippen LogP contribution in [-0.4, -0.2) is 17.6 Å². The summed E-state index contributed by atoms with van der Waals surface area (Å²) in [5.74, 6) is -1.86. The molecule has 2 nitrogen and oxygen atoms in total. The number of ether oxygens (including phenoxy) is 1. The van der Waals surface area contributed by atoms with Crippen molar-refractivity contribution in [2.75, 3.05) is 0 Å². The summed E-state index contributed by atoms with van der Waals surface area (Å²) in [5.41, 5.74) is -1.43. The van der Waals surface area contributed by atoms with Gasteiger partial charge in [-0.3, -0.25) is 4.79 Å². The molecule has 2 unspecified atom stereocenters. The number of rotatable bonds is 8. The van der Waals surface area contributed by atoms with Gasteiger partial charge in [-0.15, -0.1) is 12.6 Å². The number of benzene rings is 1. The van der Waals surface area contributed by atoms with Crippen LogP contribution >= 0.6 is 12.6 Å². The number of para-hydroxylation sites is 1. The van der Waals surface area contributed by atoms with Gasteiger partial charge in [-0.05, 0) is 36.8 Å². The number of hydrogen-bond acceptors (Lipinski definition) is 2. The van der Waals surface area contributed by atoms with Crippen molar-refractivity contribution in [3.63, 3.8) is 0 Å². The van der Waals surface area contributed by atoms with Gasteiger partial charge in [0.25, 0.3) is 0 Å². The second-order valence-electron chi connectivity index (χ2n) is 8.57. The molecule has 2 aliphatic rings. The Morgan fingerprint density at radius 3 is 2.44 bits per heavy atom. The van der Waals surface area contributed by atoms with E-state index >= 15 is 4.39 Å². The van der Waals surface area contributed by atoms with Crippen LogP contribution in [0.2, 0.25) is 0 Å². The van der Waals surface area contributed by atoms with Crippen molar-refractivity contribution in [1.29, 1.82) is 0 Å². The van der Waals surface area contributed by atoms with Crippen molar-refractivity contribution >= 4 is 17.7 Å². The summed E-state index contributed by atoms with van der Waals surface area (Å²) in [6.45, 7) is 2.10. The van der Waals surface area contributed by atoms with E-state index < -0.39 is 40.6 Å². The van der Waals surface area contributed by atoms with Crippen molar-refractivity contribution in [3.8, 4) is 5.75 Å². The van der Waals surface area contributed by atoms with E-state index in [-0.39, 0.29) is 11.5 Å². The third-order valence-corrected chi connectivity index (χ3v) is 6.89. The van der Waals surface area contributed by atoms with Crippen LogP contribution in [0.3, 0.4) is 0 Å². The molecule has 0 N–H and O–H groups in total. The van der Waals surface area contributed by atoms with Gasteiger partial charge in [0.05, 0.1) is 11.3 Å². The Labute approximate surface area is 190 Å². The highest BCUT2D eigenvalue weighted by atomic mass is 32.1. The highest BCUT2D eigenvalue weighted by molar-refractivity contribution is 7.96. The highest BCUT2D eigenvalue weighted by Crippen LogP contribution is 2.53. The summed E-state index contributed by atoms with van der Waals surface area (Å²) in [4.78, 5) is 11.7. The zero-order valence-corrected chi connectivity index (χ0v) is 18.6. The minimum Gasteiger partial charge on any atom is -0.428 e. The first-order chi connectivity index (χ1) is 15.1. The molecule has 0 saturated heterocycles. The fourth-order valence-electron chi connectivity index (χ4n) is 5.01. The molecule has 1 fully saturated rings. The van der Waals surface area contributed by atoms with Crippen LogP contribution in [-0.2, 0) is 10.2 Å². The van der Waals surface area contributed by atoms with Gasteiger partial charge in [0.15, 0.2) is 5.12 Å². The number of hydrogen-bond donors (Lipinski definition) is 1. The Bertz CT molecular complexity index is 877. The van der Waals surface area contributed by atoms with E-state index in [2.05, 4.69) is 24.3 Å². The minimum atomic E-state index is -4.72. The largest absolute Gasteiger partial charge is 0.461 e. The molecule has 8 heteroatoms. The molecule has 0 radical (unpaired) electrons. The van der Waals surface area contributed by atoms with Crippen molar-refractivity contribution < 1.29 is 31.5 Å². The zero-order chi connectivity index (χ0) is 23.5. The topological polar surface area (TPSA) is 26.3 Å². The fourth-order valence-corrected chi connectivity index (χ4v) is 5.17. The number of thiol groups is 1. The standard InChI is InChI=1S/C24H27F5O2S/c1-2-5-15-8-10-17(11-9-15)23(13-12-16(21(30)32)14-20(23)25)18-6-3-4-7-19(18)31-24(28,29)22(26)27/h3-4,6-7,12-17,22H,2,5,8-11H2,1H3,(H,30,32)/t15-,16?,17-,23?. The molecule has 0 bridgehead atoms. The summed E-state index contributed by atoms with van der Waals surface area (Å²) in [5, 5.41) is -0.551. The van der Waals surface area contributed by atoms with E-state index in [1.54, 1.807) is 0 Å². The van der Waals surface area contributed by atoms with Crippen LogP contribution in [0.4, 0.5) is 22.0 Å². The van der Waals surface area contributed by atoms with Crippen LogP contribution in [0.15, 0.2) is 48.3 Å². The first-order valence-electron chi connectivity index (χ1n) is 10.9. The Morgan fingerprint density at radius 2 is 1.88 bits per heavy atom. The van der Waals surface area contributed by atoms with Crippen LogP contribution in [0.5, 0.6) is 5.75 Å². The van der Waals surface area contributed by atoms with Crippen molar-refractivity contribution in [3.05, 3.63) is 53.9 Å². The third kappa shape index (κ3) is 4.90. The van der Waals surface area contributed by atoms with E-state index in [0.29, 0.717) is 18.8 Å².